The molecule has 13 unspecified atom stereocenters. The van der Waals surface area contributed by atoms with Gasteiger partial charge in [-0.25, -0.2) is 0 Å². The van der Waals surface area contributed by atoms with Gasteiger partial charge in [0.15, 0.2) is 0 Å². The van der Waals surface area contributed by atoms with Crippen LogP contribution in [0.2, 0.25) is 0 Å². The molecule has 6 fully saturated rings. The van der Waals surface area contributed by atoms with Gasteiger partial charge in [-0.05, 0) is 177 Å². The van der Waals surface area contributed by atoms with E-state index in [-0.39, 0.29) is 0 Å². The highest BCUT2D eigenvalue weighted by atomic mass is 14.6. The van der Waals surface area contributed by atoms with Gasteiger partial charge in [-0.1, -0.05) is 73.8 Å². The van der Waals surface area contributed by atoms with E-state index in [1.54, 1.807) is 57.8 Å². The smallest absolute Gasteiger partial charge is 0.0323 e. The highest BCUT2D eigenvalue weighted by molar-refractivity contribution is 5.07. The maximum Gasteiger partial charge on any atom is -0.0323 e. The van der Waals surface area contributed by atoms with Gasteiger partial charge in [0.1, 0.15) is 0 Å². The zero-order valence-corrected chi connectivity index (χ0v) is 28.7. The topological polar surface area (TPSA) is 0 Å². The maximum absolute atomic E-state index is 4.27. The van der Waals surface area contributed by atoms with E-state index in [1.165, 1.54) is 44.9 Å². The molecule has 6 aliphatic carbocycles. The molecule has 0 aliphatic heterocycles. The second-order valence-electron chi connectivity index (χ2n) is 19.4. The zero-order chi connectivity index (χ0) is 29.1. The van der Waals surface area contributed by atoms with Crippen molar-refractivity contribution in [3.8, 4) is 0 Å². The van der Waals surface area contributed by atoms with Crippen molar-refractivity contribution in [3.63, 3.8) is 0 Å². The van der Waals surface area contributed by atoms with Crippen LogP contribution < -0.4 is 0 Å². The number of hydrogen-bond acceptors (Lipinski definition) is 0. The third-order valence-corrected chi connectivity index (χ3v) is 15.5. The second kappa shape index (κ2) is 11.9. The van der Waals surface area contributed by atoms with Crippen LogP contribution in [0.3, 0.4) is 0 Å². The number of allylic oxidation sites excluding steroid dienone is 1. The summed E-state index contributed by atoms with van der Waals surface area (Å²) in [6, 6.07) is 0. The van der Waals surface area contributed by atoms with E-state index in [2.05, 4.69) is 61.1 Å². The molecule has 6 aliphatic rings. The summed E-state index contributed by atoms with van der Waals surface area (Å²) in [5, 5.41) is 0. The Labute approximate surface area is 257 Å². The summed E-state index contributed by atoms with van der Waals surface area (Å²) < 4.78 is 0. The Hall–Kier alpha value is -0.260. The van der Waals surface area contributed by atoms with Gasteiger partial charge in [-0.3, -0.25) is 0 Å². The Morgan fingerprint density at radius 2 is 1.12 bits per heavy atom. The van der Waals surface area contributed by atoms with Crippen LogP contribution in [0.15, 0.2) is 12.7 Å². The van der Waals surface area contributed by atoms with Gasteiger partial charge in [0.05, 0.1) is 0 Å². The Morgan fingerprint density at radius 1 is 0.610 bits per heavy atom. The summed E-state index contributed by atoms with van der Waals surface area (Å²) in [5.41, 5.74) is 0.956. The molecule has 0 aromatic heterocycles. The molecule has 13 atom stereocenters. The molecule has 41 heavy (non-hydrogen) atoms. The number of rotatable bonds is 6. The monoisotopic (exact) mass is 563 g/mol. The van der Waals surface area contributed by atoms with E-state index >= 15 is 0 Å². The second-order valence-corrected chi connectivity index (χ2v) is 19.4. The SMILES string of the molecule is C=CCCC(CC1C2CC(C(C)(C)C)CCC2C2CCC(C(C)(C)C)CC21)C1C2CCCCC2C2CCC(C)CC21. The van der Waals surface area contributed by atoms with Gasteiger partial charge in [-0.15, -0.1) is 6.58 Å². The van der Waals surface area contributed by atoms with Crippen LogP contribution in [0.4, 0.5) is 0 Å². The van der Waals surface area contributed by atoms with Crippen LogP contribution in [0.1, 0.15) is 151 Å². The van der Waals surface area contributed by atoms with Gasteiger partial charge in [0.2, 0.25) is 0 Å². The molecule has 0 aromatic rings. The first-order valence-corrected chi connectivity index (χ1v) is 19.1. The van der Waals surface area contributed by atoms with Gasteiger partial charge >= 0.3 is 0 Å². The molecule has 0 bridgehead atoms. The first-order valence-electron chi connectivity index (χ1n) is 19.1. The highest BCUT2D eigenvalue weighted by Crippen LogP contribution is 2.66. The molecule has 6 saturated carbocycles. The fourth-order valence-electron chi connectivity index (χ4n) is 13.5. The lowest BCUT2D eigenvalue weighted by molar-refractivity contribution is 0.0551. The van der Waals surface area contributed by atoms with Gasteiger partial charge in [0, 0.05) is 0 Å². The van der Waals surface area contributed by atoms with E-state index in [1.807, 2.05) is 0 Å². The standard InChI is InChI=1S/C41H70/c1-9-10-13-27(39-34-15-12-11-14-30(34)33-19-16-26(2)22-38(33)39)23-35-36-24-28(40(3,4)5)17-20-31(36)32-21-18-29(25-37(32)35)41(6,7)8/h9,26-39H,1,10-25H2,2-8H3. The van der Waals surface area contributed by atoms with Crippen molar-refractivity contribution in [3.05, 3.63) is 12.7 Å². The first kappa shape index (κ1) is 30.8. The van der Waals surface area contributed by atoms with Crippen LogP contribution >= 0.6 is 0 Å². The fourth-order valence-corrected chi connectivity index (χ4v) is 13.5. The normalized spacial score (nSPS) is 47.1. The van der Waals surface area contributed by atoms with Crippen molar-refractivity contribution in [2.24, 2.45) is 93.7 Å². The third-order valence-electron chi connectivity index (χ3n) is 15.5. The molecule has 0 radical (unpaired) electrons. The average molecular weight is 563 g/mol. The summed E-state index contributed by atoms with van der Waals surface area (Å²) in [5.74, 6) is 14.3. The summed E-state index contributed by atoms with van der Waals surface area (Å²) in [6.07, 6.45) is 26.7. The maximum atomic E-state index is 4.27. The molecule has 0 spiro atoms. The highest BCUT2D eigenvalue weighted by Gasteiger charge is 2.58. The molecule has 0 amide bonds. The number of fused-ring (bicyclic) bond motifs is 6. The molecule has 0 aromatic carbocycles. The van der Waals surface area contributed by atoms with Crippen molar-refractivity contribution in [1.82, 2.24) is 0 Å². The third kappa shape index (κ3) is 5.92. The summed E-state index contributed by atoms with van der Waals surface area (Å²) in [4.78, 5) is 0. The molecule has 6 rings (SSSR count). The van der Waals surface area contributed by atoms with Crippen molar-refractivity contribution < 1.29 is 0 Å². The average Bonchev–Trinajstić information content (AvgIpc) is 3.41. The summed E-state index contributed by atoms with van der Waals surface area (Å²) in [7, 11) is 0. The van der Waals surface area contributed by atoms with Gasteiger partial charge < -0.3 is 0 Å². The van der Waals surface area contributed by atoms with Crippen LogP contribution in [0.25, 0.3) is 0 Å². The van der Waals surface area contributed by atoms with E-state index in [9.17, 15) is 0 Å². The van der Waals surface area contributed by atoms with Crippen LogP contribution in [0, 0.1) is 93.7 Å². The number of hydrogen-bond donors (Lipinski definition) is 0. The lowest BCUT2D eigenvalue weighted by Gasteiger charge is -2.44. The lowest BCUT2D eigenvalue weighted by Crippen LogP contribution is -2.36. The van der Waals surface area contributed by atoms with Crippen LogP contribution in [0.5, 0.6) is 0 Å². The van der Waals surface area contributed by atoms with Gasteiger partial charge in [-0.2, -0.15) is 0 Å². The Kier molecular flexibility index (Phi) is 8.94. The largest absolute Gasteiger partial charge is 0.103 e. The Morgan fingerprint density at radius 3 is 1.68 bits per heavy atom. The van der Waals surface area contributed by atoms with Crippen molar-refractivity contribution in [2.45, 2.75) is 151 Å². The Balaban J connectivity index is 1.32. The van der Waals surface area contributed by atoms with E-state index < -0.39 is 0 Å². The molecular weight excluding hydrogens is 492 g/mol. The fraction of sp³-hybridized carbons (Fsp3) is 0.951. The lowest BCUT2D eigenvalue weighted by atomic mass is 9.61. The predicted molar refractivity (Wildman–Crippen MR) is 178 cm³/mol. The molecule has 0 nitrogen and oxygen atoms in total. The van der Waals surface area contributed by atoms with Crippen LogP contribution in [-0.2, 0) is 0 Å². The van der Waals surface area contributed by atoms with Crippen molar-refractivity contribution in [1.29, 1.82) is 0 Å². The Bertz CT molecular complexity index is 845. The minimum absolute atomic E-state index is 0.478. The van der Waals surface area contributed by atoms with Crippen LogP contribution in [-0.4, -0.2) is 0 Å². The molecule has 234 valence electrons. The first-order chi connectivity index (χ1) is 19.5. The molecular formula is C41H70. The van der Waals surface area contributed by atoms with Gasteiger partial charge in [0.25, 0.3) is 0 Å². The zero-order valence-electron chi connectivity index (χ0n) is 28.7. The molecule has 0 saturated heterocycles. The van der Waals surface area contributed by atoms with E-state index in [0.717, 1.165) is 82.9 Å². The molecule has 0 heteroatoms. The van der Waals surface area contributed by atoms with E-state index in [4.69, 9.17) is 0 Å². The predicted octanol–water partition coefficient (Wildman–Crippen LogP) is 12.2. The minimum atomic E-state index is 0.478. The molecule has 0 N–H and O–H groups in total. The van der Waals surface area contributed by atoms with Crippen molar-refractivity contribution in [2.75, 3.05) is 0 Å². The summed E-state index contributed by atoms with van der Waals surface area (Å²) in [6.45, 7) is 22.2. The van der Waals surface area contributed by atoms with Crippen molar-refractivity contribution >= 4 is 0 Å². The summed E-state index contributed by atoms with van der Waals surface area (Å²) >= 11 is 0. The van der Waals surface area contributed by atoms with E-state index in [0.29, 0.717) is 10.8 Å². The molecule has 0 heterocycles. The minimum Gasteiger partial charge on any atom is -0.103 e. The quantitative estimate of drug-likeness (QED) is 0.282.